The predicted octanol–water partition coefficient (Wildman–Crippen LogP) is 1.03. The molecule has 0 aromatic carbocycles. The van der Waals surface area contributed by atoms with E-state index in [1.807, 2.05) is 6.92 Å². The van der Waals surface area contributed by atoms with Crippen LogP contribution >= 0.6 is 0 Å². The van der Waals surface area contributed by atoms with E-state index in [2.05, 4.69) is 5.32 Å². The molecule has 4 nitrogen and oxygen atoms in total. The number of aliphatic hydroxyl groups excluding tert-OH is 1. The highest BCUT2D eigenvalue weighted by atomic mass is 16.3. The number of rotatable bonds is 5. The van der Waals surface area contributed by atoms with Crippen LogP contribution in [-0.2, 0) is 4.79 Å². The van der Waals surface area contributed by atoms with E-state index in [4.69, 9.17) is 5.73 Å². The molecule has 4 N–H and O–H groups in total. The molecule has 100 valence electrons. The molecule has 1 aliphatic rings. The van der Waals surface area contributed by atoms with Gasteiger partial charge in [-0.2, -0.15) is 0 Å². The summed E-state index contributed by atoms with van der Waals surface area (Å²) in [4.78, 5) is 12.1. The lowest BCUT2D eigenvalue weighted by atomic mass is 9.78. The quantitative estimate of drug-likeness (QED) is 0.674. The van der Waals surface area contributed by atoms with Crippen LogP contribution in [-0.4, -0.2) is 29.7 Å². The van der Waals surface area contributed by atoms with Crippen molar-refractivity contribution < 1.29 is 9.90 Å². The first kappa shape index (κ1) is 14.5. The van der Waals surface area contributed by atoms with Gasteiger partial charge in [0.15, 0.2) is 0 Å². The highest BCUT2D eigenvalue weighted by Crippen LogP contribution is 2.29. The molecule has 0 saturated heterocycles. The molecule has 0 radical (unpaired) electrons. The normalized spacial score (nSPS) is 28.5. The summed E-state index contributed by atoms with van der Waals surface area (Å²) in [6.45, 7) is 4.28. The van der Waals surface area contributed by atoms with Gasteiger partial charge in [0, 0.05) is 12.0 Å². The largest absolute Gasteiger partial charge is 0.393 e. The maximum Gasteiger partial charge on any atom is 0.223 e. The number of nitrogens with two attached hydrogens (primary N) is 1. The van der Waals surface area contributed by atoms with E-state index >= 15 is 0 Å². The molecule has 0 spiro atoms. The third kappa shape index (κ3) is 4.64. The number of hydrogen-bond acceptors (Lipinski definition) is 3. The minimum atomic E-state index is -0.373. The highest BCUT2D eigenvalue weighted by molar-refractivity contribution is 5.79. The summed E-state index contributed by atoms with van der Waals surface area (Å²) in [6.07, 6.45) is 4.57. The fraction of sp³-hybridized carbons (Fsp3) is 0.923. The molecule has 0 aliphatic heterocycles. The molecule has 1 rings (SSSR count). The second-order valence-corrected chi connectivity index (χ2v) is 5.38. The summed E-state index contributed by atoms with van der Waals surface area (Å²) in [7, 11) is 0. The van der Waals surface area contributed by atoms with Gasteiger partial charge in [-0.25, -0.2) is 0 Å². The average molecular weight is 242 g/mol. The zero-order chi connectivity index (χ0) is 12.8. The van der Waals surface area contributed by atoms with Crippen LogP contribution in [0.1, 0.15) is 46.0 Å². The summed E-state index contributed by atoms with van der Waals surface area (Å²) < 4.78 is 0. The summed E-state index contributed by atoms with van der Waals surface area (Å²) in [6, 6.07) is 0.0304. The Bertz CT molecular complexity index is 244. The van der Waals surface area contributed by atoms with Gasteiger partial charge in [-0.1, -0.05) is 12.8 Å². The van der Waals surface area contributed by atoms with Gasteiger partial charge in [-0.05, 0) is 45.6 Å². The standard InChI is InChI=1S/C13H26N2O2/c1-9(7-10(2)16)15-13(17)12-6-4-3-5-11(12)8-14/h9-12,16H,3-8,14H2,1-2H3,(H,15,17). The molecule has 4 atom stereocenters. The van der Waals surface area contributed by atoms with E-state index in [0.717, 1.165) is 19.3 Å². The van der Waals surface area contributed by atoms with Gasteiger partial charge in [0.2, 0.25) is 5.91 Å². The number of nitrogens with one attached hydrogen (secondary N) is 1. The first-order valence-electron chi connectivity index (χ1n) is 6.73. The third-order valence-corrected chi connectivity index (χ3v) is 3.63. The average Bonchev–Trinajstić information content (AvgIpc) is 2.27. The Hall–Kier alpha value is -0.610. The van der Waals surface area contributed by atoms with Crippen molar-refractivity contribution >= 4 is 5.91 Å². The number of amides is 1. The van der Waals surface area contributed by atoms with Gasteiger partial charge >= 0.3 is 0 Å². The van der Waals surface area contributed by atoms with E-state index in [0.29, 0.717) is 18.9 Å². The lowest BCUT2D eigenvalue weighted by molar-refractivity contribution is -0.128. The molecule has 1 aliphatic carbocycles. The van der Waals surface area contributed by atoms with Crippen molar-refractivity contribution in [3.8, 4) is 0 Å². The lowest BCUT2D eigenvalue weighted by Gasteiger charge is -2.30. The van der Waals surface area contributed by atoms with Gasteiger partial charge in [0.25, 0.3) is 0 Å². The van der Waals surface area contributed by atoms with Crippen molar-refractivity contribution in [2.75, 3.05) is 6.54 Å². The predicted molar refractivity (Wildman–Crippen MR) is 68.4 cm³/mol. The Morgan fingerprint density at radius 3 is 2.65 bits per heavy atom. The molecular weight excluding hydrogens is 216 g/mol. The molecule has 1 fully saturated rings. The van der Waals surface area contributed by atoms with Crippen LogP contribution in [0, 0.1) is 11.8 Å². The van der Waals surface area contributed by atoms with Crippen LogP contribution in [0.25, 0.3) is 0 Å². The topological polar surface area (TPSA) is 75.3 Å². The number of hydrogen-bond donors (Lipinski definition) is 3. The highest BCUT2D eigenvalue weighted by Gasteiger charge is 2.30. The van der Waals surface area contributed by atoms with Crippen molar-refractivity contribution in [2.24, 2.45) is 17.6 Å². The third-order valence-electron chi connectivity index (χ3n) is 3.63. The molecule has 1 amide bonds. The van der Waals surface area contributed by atoms with Gasteiger partial charge in [0.1, 0.15) is 0 Å². The molecule has 0 aromatic heterocycles. The lowest BCUT2D eigenvalue weighted by Crippen LogP contribution is -2.43. The summed E-state index contributed by atoms with van der Waals surface area (Å²) in [5.41, 5.74) is 5.72. The fourth-order valence-corrected chi connectivity index (χ4v) is 2.76. The van der Waals surface area contributed by atoms with Crippen LogP contribution < -0.4 is 11.1 Å². The minimum absolute atomic E-state index is 0.0304. The molecule has 4 heteroatoms. The summed E-state index contributed by atoms with van der Waals surface area (Å²) in [5, 5.41) is 12.3. The minimum Gasteiger partial charge on any atom is -0.393 e. The summed E-state index contributed by atoms with van der Waals surface area (Å²) in [5.74, 6) is 0.529. The van der Waals surface area contributed by atoms with Crippen LogP contribution in [0.2, 0.25) is 0 Å². The molecule has 1 saturated carbocycles. The molecule has 17 heavy (non-hydrogen) atoms. The first-order valence-corrected chi connectivity index (χ1v) is 6.73. The van der Waals surface area contributed by atoms with Gasteiger partial charge in [-0.15, -0.1) is 0 Å². The van der Waals surface area contributed by atoms with Gasteiger partial charge in [0.05, 0.1) is 6.10 Å². The number of carbonyl (C=O) groups excluding carboxylic acids is 1. The van der Waals surface area contributed by atoms with Crippen LogP contribution in [0.15, 0.2) is 0 Å². The fourth-order valence-electron chi connectivity index (χ4n) is 2.76. The number of carbonyl (C=O) groups is 1. The Labute approximate surface area is 104 Å². The van der Waals surface area contributed by atoms with E-state index in [-0.39, 0.29) is 24.0 Å². The SMILES string of the molecule is CC(O)CC(C)NC(=O)C1CCCCC1CN. The first-order chi connectivity index (χ1) is 8.04. The van der Waals surface area contributed by atoms with Crippen LogP contribution in [0.3, 0.4) is 0 Å². The van der Waals surface area contributed by atoms with E-state index in [1.165, 1.54) is 6.42 Å². The van der Waals surface area contributed by atoms with Crippen molar-refractivity contribution in [1.29, 1.82) is 0 Å². The van der Waals surface area contributed by atoms with Crippen molar-refractivity contribution in [3.05, 3.63) is 0 Å². The zero-order valence-corrected chi connectivity index (χ0v) is 11.0. The van der Waals surface area contributed by atoms with Crippen molar-refractivity contribution in [1.82, 2.24) is 5.32 Å². The Balaban J connectivity index is 2.44. The molecule has 4 unspecified atom stereocenters. The Morgan fingerprint density at radius 2 is 2.06 bits per heavy atom. The zero-order valence-electron chi connectivity index (χ0n) is 11.0. The van der Waals surface area contributed by atoms with Crippen molar-refractivity contribution in [3.63, 3.8) is 0 Å². The van der Waals surface area contributed by atoms with E-state index in [9.17, 15) is 9.90 Å². The van der Waals surface area contributed by atoms with Crippen molar-refractivity contribution in [2.45, 2.75) is 58.1 Å². The maximum atomic E-state index is 12.1. The Morgan fingerprint density at radius 1 is 1.41 bits per heavy atom. The monoisotopic (exact) mass is 242 g/mol. The molecule has 0 heterocycles. The second-order valence-electron chi connectivity index (χ2n) is 5.38. The van der Waals surface area contributed by atoms with Crippen LogP contribution in [0.4, 0.5) is 0 Å². The second kappa shape index (κ2) is 6.97. The van der Waals surface area contributed by atoms with E-state index in [1.54, 1.807) is 6.92 Å². The van der Waals surface area contributed by atoms with Crippen LogP contribution in [0.5, 0.6) is 0 Å². The maximum absolute atomic E-state index is 12.1. The summed E-state index contributed by atoms with van der Waals surface area (Å²) >= 11 is 0. The molecule has 0 bridgehead atoms. The van der Waals surface area contributed by atoms with Gasteiger partial charge in [-0.3, -0.25) is 4.79 Å². The number of aliphatic hydroxyl groups is 1. The smallest absolute Gasteiger partial charge is 0.223 e. The molecular formula is C13H26N2O2. The van der Waals surface area contributed by atoms with Gasteiger partial charge < -0.3 is 16.2 Å². The molecule has 0 aromatic rings. The van der Waals surface area contributed by atoms with E-state index < -0.39 is 0 Å². The Kier molecular flexibility index (Phi) is 5.92.